The number of hydrogen-bond acceptors (Lipinski definition) is 2. The molecule has 0 spiro atoms. The molecule has 0 amide bonds. The Morgan fingerprint density at radius 1 is 1.00 bits per heavy atom. The summed E-state index contributed by atoms with van der Waals surface area (Å²) in [6.45, 7) is 0. The number of hydrogen-bond donors (Lipinski definition) is 0. The minimum Gasteiger partial charge on any atom is -1.00 e. The molecule has 0 aliphatic rings. The fourth-order valence-electron chi connectivity index (χ4n) is 0. The summed E-state index contributed by atoms with van der Waals surface area (Å²) in [4.78, 5) is 0. The van der Waals surface area contributed by atoms with Gasteiger partial charge in [-0.2, -0.15) is 14.2 Å². The van der Waals surface area contributed by atoms with E-state index in [4.69, 9.17) is 10.2 Å². The van der Waals surface area contributed by atoms with Crippen molar-refractivity contribution in [2.24, 2.45) is 0 Å². The quantitative estimate of drug-likeness (QED) is 0.282. The molecule has 0 fully saturated rings. The van der Waals surface area contributed by atoms with Gasteiger partial charge in [-0.15, -0.1) is 0 Å². The van der Waals surface area contributed by atoms with Gasteiger partial charge in [0.25, 0.3) is 0 Å². The van der Waals surface area contributed by atoms with Crippen molar-refractivity contribution in [1.82, 2.24) is 0 Å². The fourth-order valence-corrected chi connectivity index (χ4v) is 0. The van der Waals surface area contributed by atoms with Crippen LogP contribution in [0.15, 0.2) is 0 Å². The van der Waals surface area contributed by atoms with Crippen molar-refractivity contribution in [2.45, 2.75) is 0 Å². The molecule has 0 aliphatic carbocycles. The molecule has 6 heavy (non-hydrogen) atoms. The first-order chi connectivity index (χ1) is 2.00. The Morgan fingerprint density at radius 3 is 1.00 bits per heavy atom. The maximum atomic E-state index is 8.25. The molecular weight excluding hydrogens is 87.3 g/mol. The van der Waals surface area contributed by atoms with Gasteiger partial charge in [0.15, 0.2) is 0 Å². The van der Waals surface area contributed by atoms with Crippen LogP contribution in [-0.4, -0.2) is 37.3 Å². The van der Waals surface area contributed by atoms with Crippen molar-refractivity contribution in [1.29, 1.82) is 0 Å². The van der Waals surface area contributed by atoms with E-state index in [2.05, 4.69) is 0 Å². The van der Waals surface area contributed by atoms with E-state index in [-0.39, 0.29) is 43.3 Å². The van der Waals surface area contributed by atoms with Crippen molar-refractivity contribution < 1.29 is 30.5 Å². The second-order valence-electron chi connectivity index (χ2n) is 0. The zero-order valence-corrected chi connectivity index (χ0v) is 5.94. The molecule has 2 nitrogen and oxygen atoms in total. The summed E-state index contributed by atoms with van der Waals surface area (Å²) in [5.41, 5.74) is 0. The first-order valence-corrected chi connectivity index (χ1v) is 0.816. The molecule has 0 rings (SSSR count). The minimum atomic E-state index is 0. The summed E-state index contributed by atoms with van der Waals surface area (Å²) < 4.78 is 0. The molecule has 0 aromatic rings. The summed E-state index contributed by atoms with van der Waals surface area (Å²) in [6.07, 6.45) is 0. The molecule has 0 aromatic heterocycles. The first kappa shape index (κ1) is 26.7. The molecule has 0 saturated heterocycles. The Morgan fingerprint density at radius 2 is 1.00 bits per heavy atom. The topological polar surface area (TPSA) is 46.1 Å². The predicted octanol–water partition coefficient (Wildman–Crippen LogP) is -5.31. The van der Waals surface area contributed by atoms with E-state index >= 15 is 0 Å². The van der Waals surface area contributed by atoms with E-state index in [1.165, 1.54) is 0 Å². The average Bonchev–Trinajstić information content (AvgIpc) is 1.50. The van der Waals surface area contributed by atoms with E-state index in [0.717, 1.165) is 14.2 Å². The van der Waals surface area contributed by atoms with E-state index in [9.17, 15) is 0 Å². The zero-order chi connectivity index (χ0) is 4.00. The first-order valence-electron chi connectivity index (χ1n) is 0.816. The van der Waals surface area contributed by atoms with Crippen LogP contribution in [0, 0.1) is 0 Å². The molecule has 0 aromatic carbocycles. The van der Waals surface area contributed by atoms with Gasteiger partial charge in [0, 0.05) is 0 Å². The minimum absolute atomic E-state index is 0. The summed E-state index contributed by atoms with van der Waals surface area (Å²) in [6, 6.07) is 0. The molecular formula is C2H7LiMgO2. The van der Waals surface area contributed by atoms with Crippen LogP contribution in [0.1, 0.15) is 1.43 Å². The molecule has 4 heteroatoms. The Labute approximate surface area is 67.8 Å². The van der Waals surface area contributed by atoms with Crippen molar-refractivity contribution in [2.75, 3.05) is 14.2 Å². The van der Waals surface area contributed by atoms with Gasteiger partial charge in [0.05, 0.1) is 0 Å². The van der Waals surface area contributed by atoms with E-state index in [0.29, 0.717) is 0 Å². The van der Waals surface area contributed by atoms with Gasteiger partial charge in [0.1, 0.15) is 0 Å². The van der Waals surface area contributed by atoms with Crippen molar-refractivity contribution in [3.05, 3.63) is 0 Å². The van der Waals surface area contributed by atoms with Gasteiger partial charge in [-0.05, 0) is 0 Å². The van der Waals surface area contributed by atoms with Crippen LogP contribution in [0.3, 0.4) is 0 Å². The van der Waals surface area contributed by atoms with Crippen molar-refractivity contribution in [3.8, 4) is 0 Å². The SMILES string of the molecule is C[O-].C[O-].[H-].[Li+].[Mg+2]. The predicted molar refractivity (Wildman–Crippen MR) is 18.7 cm³/mol. The third-order valence-electron chi connectivity index (χ3n) is 0. The van der Waals surface area contributed by atoms with Crippen LogP contribution < -0.4 is 29.1 Å². The van der Waals surface area contributed by atoms with Crippen LogP contribution in [0.4, 0.5) is 0 Å². The maximum absolute atomic E-state index is 8.25. The molecule has 0 atom stereocenters. The van der Waals surface area contributed by atoms with Crippen LogP contribution in [-0.2, 0) is 0 Å². The molecule has 0 saturated carbocycles. The summed E-state index contributed by atoms with van der Waals surface area (Å²) >= 11 is 0. The zero-order valence-electron chi connectivity index (χ0n) is 5.52. The Balaban J connectivity index is -0.00000000267. The molecule has 0 heterocycles. The monoisotopic (exact) mass is 94.0 g/mol. The van der Waals surface area contributed by atoms with Gasteiger partial charge in [-0.1, -0.05) is 0 Å². The standard InChI is InChI=1S/2CH3O.Li.Mg.H/c2*1-2;;;/h2*1H3;;;/q2*-1;+1;+2;-1. The molecule has 0 unspecified atom stereocenters. The summed E-state index contributed by atoms with van der Waals surface area (Å²) in [5.74, 6) is 0. The average molecular weight is 94.3 g/mol. The Hall–Kier alpha value is 1.28. The molecule has 0 bridgehead atoms. The third-order valence-corrected chi connectivity index (χ3v) is 0. The third kappa shape index (κ3) is 58.8. The summed E-state index contributed by atoms with van der Waals surface area (Å²) in [5, 5.41) is 16.5. The van der Waals surface area contributed by atoms with Gasteiger partial charge >= 0.3 is 41.9 Å². The van der Waals surface area contributed by atoms with E-state index in [1.54, 1.807) is 0 Å². The second-order valence-corrected chi connectivity index (χ2v) is 0. The van der Waals surface area contributed by atoms with Gasteiger partial charge in [-0.3, -0.25) is 0 Å². The van der Waals surface area contributed by atoms with Gasteiger partial charge in [-0.25, -0.2) is 0 Å². The number of rotatable bonds is 0. The molecule has 0 radical (unpaired) electrons. The Bertz CT molecular complexity index is 15.7. The largest absolute Gasteiger partial charge is 2.00 e. The smallest absolute Gasteiger partial charge is 1.00 e. The van der Waals surface area contributed by atoms with Gasteiger partial charge in [0.2, 0.25) is 0 Å². The summed E-state index contributed by atoms with van der Waals surface area (Å²) in [7, 11) is 1.50. The molecule has 0 aliphatic heterocycles. The maximum Gasteiger partial charge on any atom is 2.00 e. The van der Waals surface area contributed by atoms with E-state index in [1.807, 2.05) is 0 Å². The van der Waals surface area contributed by atoms with E-state index < -0.39 is 0 Å². The van der Waals surface area contributed by atoms with Crippen LogP contribution in [0.2, 0.25) is 0 Å². The van der Waals surface area contributed by atoms with Crippen molar-refractivity contribution in [3.63, 3.8) is 0 Å². The Kier molecular flexibility index (Phi) is 473. The van der Waals surface area contributed by atoms with Gasteiger partial charge < -0.3 is 11.6 Å². The van der Waals surface area contributed by atoms with Crippen molar-refractivity contribution >= 4 is 23.1 Å². The molecule has 0 N–H and O–H groups in total. The van der Waals surface area contributed by atoms with Crippen LogP contribution in [0.25, 0.3) is 0 Å². The van der Waals surface area contributed by atoms with Crippen LogP contribution in [0.5, 0.6) is 0 Å². The second kappa shape index (κ2) is 106. The fraction of sp³-hybridized carbons (Fsp3) is 1.00. The normalized spacial score (nSPS) is 2.00. The van der Waals surface area contributed by atoms with Crippen LogP contribution >= 0.6 is 0 Å². The molecule has 30 valence electrons.